The molecule has 0 aliphatic carbocycles. The number of benzene rings is 2. The lowest BCUT2D eigenvalue weighted by molar-refractivity contribution is -0.147. The number of pyridine rings is 1. The molecule has 9 heteroatoms. The molecule has 0 spiro atoms. The second-order valence-electron chi connectivity index (χ2n) is 8.19. The topological polar surface area (TPSA) is 114 Å². The SMILES string of the molecule is Cc1c(C)c(C)c(S(=O)(=O)NCCC(=O)OCC(=O)Nc2cccc3ncccc23)c(C)c1C. The number of carbonyl (C=O) groups excluding carboxylic acids is 2. The van der Waals surface area contributed by atoms with E-state index in [1.807, 2.05) is 32.9 Å². The number of amides is 1. The number of hydrogen-bond donors (Lipinski definition) is 2. The number of rotatable bonds is 8. The largest absolute Gasteiger partial charge is 0.456 e. The van der Waals surface area contributed by atoms with Crippen LogP contribution in [0.2, 0.25) is 0 Å². The molecule has 2 N–H and O–H groups in total. The van der Waals surface area contributed by atoms with Gasteiger partial charge in [-0.05, 0) is 86.7 Å². The number of nitrogens with one attached hydrogen (secondary N) is 2. The van der Waals surface area contributed by atoms with Crippen LogP contribution in [-0.2, 0) is 24.3 Å². The van der Waals surface area contributed by atoms with Gasteiger partial charge in [-0.2, -0.15) is 0 Å². The summed E-state index contributed by atoms with van der Waals surface area (Å²) in [5.41, 5.74) is 5.59. The number of sulfonamides is 1. The summed E-state index contributed by atoms with van der Waals surface area (Å²) in [6.45, 7) is 8.71. The minimum Gasteiger partial charge on any atom is -0.456 e. The van der Waals surface area contributed by atoms with Crippen LogP contribution in [0, 0.1) is 34.6 Å². The summed E-state index contributed by atoms with van der Waals surface area (Å²) in [6, 6.07) is 8.92. The molecule has 0 unspecified atom stereocenters. The third-order valence-corrected chi connectivity index (χ3v) is 7.84. The van der Waals surface area contributed by atoms with E-state index >= 15 is 0 Å². The number of carbonyl (C=O) groups is 2. The highest BCUT2D eigenvalue weighted by Crippen LogP contribution is 2.29. The number of aromatic nitrogens is 1. The van der Waals surface area contributed by atoms with Crippen molar-refractivity contribution < 1.29 is 22.7 Å². The van der Waals surface area contributed by atoms with E-state index in [2.05, 4.69) is 15.0 Å². The maximum atomic E-state index is 12.9. The molecule has 0 fully saturated rings. The van der Waals surface area contributed by atoms with E-state index in [9.17, 15) is 18.0 Å². The van der Waals surface area contributed by atoms with E-state index in [0.29, 0.717) is 16.8 Å². The molecule has 1 amide bonds. The van der Waals surface area contributed by atoms with Crippen LogP contribution in [-0.4, -0.2) is 38.4 Å². The second-order valence-corrected chi connectivity index (χ2v) is 9.89. The molecule has 3 aromatic rings. The number of fused-ring (bicyclic) bond motifs is 1. The van der Waals surface area contributed by atoms with E-state index in [4.69, 9.17) is 4.74 Å². The Balaban J connectivity index is 1.54. The van der Waals surface area contributed by atoms with Crippen LogP contribution in [0.3, 0.4) is 0 Å². The first-order valence-corrected chi connectivity index (χ1v) is 12.4. The first-order valence-electron chi connectivity index (χ1n) is 10.9. The highest BCUT2D eigenvalue weighted by molar-refractivity contribution is 7.89. The summed E-state index contributed by atoms with van der Waals surface area (Å²) in [6.07, 6.45) is 1.46. The van der Waals surface area contributed by atoms with Gasteiger partial charge in [-0.25, -0.2) is 13.1 Å². The summed E-state index contributed by atoms with van der Waals surface area (Å²) < 4.78 is 33.3. The Labute approximate surface area is 199 Å². The molecule has 0 radical (unpaired) electrons. The Morgan fingerprint density at radius 1 is 0.912 bits per heavy atom. The summed E-state index contributed by atoms with van der Waals surface area (Å²) in [7, 11) is -3.81. The average Bonchev–Trinajstić information content (AvgIpc) is 2.80. The van der Waals surface area contributed by atoms with Gasteiger partial charge in [0.15, 0.2) is 6.61 Å². The van der Waals surface area contributed by atoms with Gasteiger partial charge in [0.05, 0.1) is 22.5 Å². The molecule has 0 saturated heterocycles. The maximum absolute atomic E-state index is 12.9. The molecule has 1 heterocycles. The number of anilines is 1. The predicted octanol–water partition coefficient (Wildman–Crippen LogP) is 3.63. The van der Waals surface area contributed by atoms with E-state index < -0.39 is 28.5 Å². The lowest BCUT2D eigenvalue weighted by Gasteiger charge is -2.19. The fourth-order valence-corrected chi connectivity index (χ4v) is 5.47. The molecule has 34 heavy (non-hydrogen) atoms. The number of nitrogens with zero attached hydrogens (tertiary/aromatic N) is 1. The maximum Gasteiger partial charge on any atom is 0.307 e. The Morgan fingerprint density at radius 3 is 2.24 bits per heavy atom. The minimum atomic E-state index is -3.81. The lowest BCUT2D eigenvalue weighted by atomic mass is 9.95. The van der Waals surface area contributed by atoms with Crippen LogP contribution in [0.5, 0.6) is 0 Å². The van der Waals surface area contributed by atoms with E-state index in [0.717, 1.165) is 27.6 Å². The molecule has 8 nitrogen and oxygen atoms in total. The molecule has 0 saturated carbocycles. The Kier molecular flexibility index (Phi) is 7.68. The van der Waals surface area contributed by atoms with Gasteiger partial charge in [-0.15, -0.1) is 0 Å². The van der Waals surface area contributed by atoms with Crippen LogP contribution in [0.15, 0.2) is 41.4 Å². The third kappa shape index (κ3) is 5.43. The van der Waals surface area contributed by atoms with Crippen LogP contribution >= 0.6 is 0 Å². The highest BCUT2D eigenvalue weighted by Gasteiger charge is 2.23. The molecule has 0 bridgehead atoms. The first kappa shape index (κ1) is 25.3. The van der Waals surface area contributed by atoms with Gasteiger partial charge in [0.2, 0.25) is 10.0 Å². The van der Waals surface area contributed by atoms with Gasteiger partial charge in [0.1, 0.15) is 0 Å². The second kappa shape index (κ2) is 10.3. The summed E-state index contributed by atoms with van der Waals surface area (Å²) >= 11 is 0. The number of ether oxygens (including phenoxy) is 1. The van der Waals surface area contributed by atoms with E-state index in [1.54, 1.807) is 38.2 Å². The fraction of sp³-hybridized carbons (Fsp3) is 0.320. The molecule has 3 rings (SSSR count). The van der Waals surface area contributed by atoms with Gasteiger partial charge in [0.25, 0.3) is 5.91 Å². The summed E-state index contributed by atoms with van der Waals surface area (Å²) in [5.74, 6) is -1.18. The van der Waals surface area contributed by atoms with Crippen molar-refractivity contribution in [1.82, 2.24) is 9.71 Å². The first-order chi connectivity index (χ1) is 16.0. The zero-order valence-corrected chi connectivity index (χ0v) is 20.8. The van der Waals surface area contributed by atoms with Gasteiger partial charge in [-0.1, -0.05) is 6.07 Å². The quantitative estimate of drug-likeness (QED) is 0.473. The van der Waals surface area contributed by atoms with Gasteiger partial charge in [-0.3, -0.25) is 14.6 Å². The predicted molar refractivity (Wildman–Crippen MR) is 131 cm³/mol. The highest BCUT2D eigenvalue weighted by atomic mass is 32.2. The van der Waals surface area contributed by atoms with Crippen LogP contribution in [0.25, 0.3) is 10.9 Å². The van der Waals surface area contributed by atoms with Gasteiger partial charge in [0, 0.05) is 18.1 Å². The fourth-order valence-electron chi connectivity index (χ4n) is 3.85. The molecule has 0 aliphatic heterocycles. The van der Waals surface area contributed by atoms with Gasteiger partial charge >= 0.3 is 5.97 Å². The van der Waals surface area contributed by atoms with Crippen LogP contribution in [0.4, 0.5) is 5.69 Å². The lowest BCUT2D eigenvalue weighted by Crippen LogP contribution is -2.29. The monoisotopic (exact) mass is 483 g/mol. The van der Waals surface area contributed by atoms with E-state index in [1.165, 1.54) is 0 Å². The Morgan fingerprint density at radius 2 is 1.56 bits per heavy atom. The number of esters is 1. The van der Waals surface area contributed by atoms with Crippen molar-refractivity contribution in [2.24, 2.45) is 0 Å². The number of hydrogen-bond acceptors (Lipinski definition) is 6. The molecule has 180 valence electrons. The van der Waals surface area contributed by atoms with E-state index in [-0.39, 0.29) is 17.9 Å². The molecular weight excluding hydrogens is 454 g/mol. The molecule has 0 atom stereocenters. The Hall–Kier alpha value is -3.30. The van der Waals surface area contributed by atoms with Crippen molar-refractivity contribution >= 4 is 38.5 Å². The third-order valence-electron chi connectivity index (χ3n) is 6.11. The van der Waals surface area contributed by atoms with Crippen molar-refractivity contribution in [3.63, 3.8) is 0 Å². The van der Waals surface area contributed by atoms with Gasteiger partial charge < -0.3 is 10.1 Å². The van der Waals surface area contributed by atoms with Crippen molar-refractivity contribution in [2.75, 3.05) is 18.5 Å². The summed E-state index contributed by atoms with van der Waals surface area (Å²) in [5, 5.41) is 3.47. The van der Waals surface area contributed by atoms with Crippen molar-refractivity contribution in [2.45, 2.75) is 45.9 Å². The van der Waals surface area contributed by atoms with Crippen LogP contribution in [0.1, 0.15) is 34.2 Å². The smallest absolute Gasteiger partial charge is 0.307 e. The van der Waals surface area contributed by atoms with Crippen LogP contribution < -0.4 is 10.0 Å². The zero-order valence-electron chi connectivity index (χ0n) is 20.0. The molecule has 1 aromatic heterocycles. The standard InChI is InChI=1S/C25H29N3O5S/c1-15-16(2)18(4)25(19(5)17(15)3)34(31,32)27-13-11-24(30)33-14-23(29)28-22-10-6-9-21-20(22)8-7-12-26-21/h6-10,12,27H,11,13-14H2,1-5H3,(H,28,29). The van der Waals surface area contributed by atoms with Crippen molar-refractivity contribution in [3.05, 3.63) is 64.3 Å². The molecule has 2 aromatic carbocycles. The minimum absolute atomic E-state index is 0.136. The average molecular weight is 484 g/mol. The van der Waals surface area contributed by atoms with Crippen molar-refractivity contribution in [1.29, 1.82) is 0 Å². The van der Waals surface area contributed by atoms with Crippen molar-refractivity contribution in [3.8, 4) is 0 Å². The molecular formula is C25H29N3O5S. The normalized spacial score (nSPS) is 11.4. The summed E-state index contributed by atoms with van der Waals surface area (Å²) in [4.78, 5) is 28.8. The Bertz CT molecular complexity index is 1330. The zero-order chi connectivity index (χ0) is 25.0. The molecule has 0 aliphatic rings.